The lowest BCUT2D eigenvalue weighted by molar-refractivity contribution is -0.137. The Morgan fingerprint density at radius 2 is 2.00 bits per heavy atom. The molecule has 0 amide bonds. The molecule has 0 fully saturated rings. The average Bonchev–Trinajstić information content (AvgIpc) is 2.30. The van der Waals surface area contributed by atoms with Crippen LogP contribution < -0.4 is 9.47 Å². The number of carbonyl (C=O) groups is 1. The van der Waals surface area contributed by atoms with Crippen LogP contribution >= 0.6 is 27.5 Å². The summed E-state index contributed by atoms with van der Waals surface area (Å²) in [7, 11) is 3.07. The van der Waals surface area contributed by atoms with Gasteiger partial charge in [-0.2, -0.15) is 0 Å². The third kappa shape index (κ3) is 3.53. The van der Waals surface area contributed by atoms with E-state index in [1.54, 1.807) is 6.07 Å². The van der Waals surface area contributed by atoms with Crippen molar-refractivity contribution in [2.75, 3.05) is 14.2 Å². The van der Waals surface area contributed by atoms with Crippen molar-refractivity contribution in [3.63, 3.8) is 0 Å². The van der Waals surface area contributed by atoms with E-state index in [2.05, 4.69) is 15.9 Å². The summed E-state index contributed by atoms with van der Waals surface area (Å²) in [5, 5.41) is 9.17. The lowest BCUT2D eigenvalue weighted by Gasteiger charge is -2.15. The van der Waals surface area contributed by atoms with Crippen molar-refractivity contribution in [1.29, 1.82) is 0 Å². The first kappa shape index (κ1) is 15.1. The maximum atomic E-state index is 10.5. The van der Waals surface area contributed by atoms with Crippen molar-refractivity contribution < 1.29 is 19.4 Å². The number of carboxylic acids is 1. The molecular weight excluding hydrogens is 323 g/mol. The molecule has 1 aromatic carbocycles. The number of rotatable bonds is 6. The van der Waals surface area contributed by atoms with Gasteiger partial charge >= 0.3 is 5.97 Å². The Morgan fingerprint density at radius 1 is 1.39 bits per heavy atom. The van der Waals surface area contributed by atoms with Crippen LogP contribution in [0.25, 0.3) is 0 Å². The molecule has 4 nitrogen and oxygen atoms in total. The van der Waals surface area contributed by atoms with E-state index in [1.807, 2.05) is 0 Å². The largest absolute Gasteiger partial charge is 0.492 e. The fourth-order valence-electron chi connectivity index (χ4n) is 1.67. The van der Waals surface area contributed by atoms with Crippen molar-refractivity contribution in [3.8, 4) is 11.5 Å². The summed E-state index contributed by atoms with van der Waals surface area (Å²) in [6.45, 7) is 0. The van der Waals surface area contributed by atoms with Crippen LogP contribution in [0.5, 0.6) is 11.5 Å². The summed E-state index contributed by atoms with van der Waals surface area (Å²) < 4.78 is 11.2. The Labute approximate surface area is 119 Å². The predicted octanol–water partition coefficient (Wildman–Crippen LogP) is 3.53. The summed E-state index contributed by atoms with van der Waals surface area (Å²) in [5.41, 5.74) is 0.764. The molecule has 0 saturated carbocycles. The molecule has 18 heavy (non-hydrogen) atoms. The number of halogens is 2. The molecule has 0 aliphatic heterocycles. The van der Waals surface area contributed by atoms with Crippen LogP contribution in [0.3, 0.4) is 0 Å². The summed E-state index contributed by atoms with van der Waals surface area (Å²) in [6, 6.07) is 1.72. The molecule has 0 atom stereocenters. The first-order valence-electron chi connectivity index (χ1n) is 5.31. The van der Waals surface area contributed by atoms with Crippen LogP contribution in [0.15, 0.2) is 10.5 Å². The van der Waals surface area contributed by atoms with E-state index in [-0.39, 0.29) is 6.42 Å². The fourth-order valence-corrected chi connectivity index (χ4v) is 2.67. The van der Waals surface area contributed by atoms with Crippen molar-refractivity contribution in [2.24, 2.45) is 0 Å². The number of benzene rings is 1. The third-order valence-electron chi connectivity index (χ3n) is 2.46. The summed E-state index contributed by atoms with van der Waals surface area (Å²) in [4.78, 5) is 10.5. The molecule has 1 rings (SSSR count). The highest BCUT2D eigenvalue weighted by molar-refractivity contribution is 9.10. The third-order valence-corrected chi connectivity index (χ3v) is 3.39. The number of hydrogen-bond donors (Lipinski definition) is 1. The van der Waals surface area contributed by atoms with Crippen LogP contribution in [-0.2, 0) is 11.2 Å². The predicted molar refractivity (Wildman–Crippen MR) is 72.8 cm³/mol. The second-order valence-corrected chi connectivity index (χ2v) is 4.89. The molecule has 1 N–H and O–H groups in total. The van der Waals surface area contributed by atoms with Crippen LogP contribution in [0.2, 0.25) is 5.02 Å². The minimum atomic E-state index is -0.825. The highest BCUT2D eigenvalue weighted by atomic mass is 79.9. The summed E-state index contributed by atoms with van der Waals surface area (Å²) in [6.07, 6.45) is 1.12. The zero-order chi connectivity index (χ0) is 13.7. The maximum Gasteiger partial charge on any atom is 0.303 e. The van der Waals surface area contributed by atoms with E-state index in [1.165, 1.54) is 14.2 Å². The summed E-state index contributed by atoms with van der Waals surface area (Å²) >= 11 is 9.49. The number of aliphatic carboxylic acids is 1. The zero-order valence-electron chi connectivity index (χ0n) is 10.1. The van der Waals surface area contributed by atoms with E-state index in [4.69, 9.17) is 26.2 Å². The van der Waals surface area contributed by atoms with Gasteiger partial charge in [0.2, 0.25) is 0 Å². The second-order valence-electron chi connectivity index (χ2n) is 3.63. The van der Waals surface area contributed by atoms with Gasteiger partial charge in [0.05, 0.1) is 18.7 Å². The molecule has 0 saturated heterocycles. The average molecular weight is 338 g/mol. The van der Waals surface area contributed by atoms with Gasteiger partial charge in [-0.3, -0.25) is 4.79 Å². The smallest absolute Gasteiger partial charge is 0.303 e. The summed E-state index contributed by atoms with van der Waals surface area (Å²) in [5.74, 6) is 0.281. The number of hydrogen-bond acceptors (Lipinski definition) is 3. The van der Waals surface area contributed by atoms with E-state index in [9.17, 15) is 4.79 Å². The fraction of sp³-hybridized carbons (Fsp3) is 0.417. The lowest BCUT2D eigenvalue weighted by atomic mass is 10.1. The number of carboxylic acid groups (broad SMARTS) is 1. The molecule has 0 heterocycles. The molecule has 100 valence electrons. The van der Waals surface area contributed by atoms with Crippen LogP contribution in [0.4, 0.5) is 0 Å². The molecule has 0 aromatic heterocycles. The van der Waals surface area contributed by atoms with E-state index in [0.29, 0.717) is 33.8 Å². The molecule has 0 bridgehead atoms. The minimum Gasteiger partial charge on any atom is -0.492 e. The SMILES string of the molecule is COc1c(Br)cc(Cl)c(CCCC(=O)O)c1OC. The minimum absolute atomic E-state index is 0.0951. The van der Waals surface area contributed by atoms with Crippen LogP contribution in [0, 0.1) is 0 Å². The van der Waals surface area contributed by atoms with Gasteiger partial charge in [-0.15, -0.1) is 0 Å². The quantitative estimate of drug-likeness (QED) is 0.863. The van der Waals surface area contributed by atoms with Gasteiger partial charge in [0, 0.05) is 17.0 Å². The molecule has 0 aliphatic rings. The normalized spacial score (nSPS) is 10.2. The highest BCUT2D eigenvalue weighted by Gasteiger charge is 2.17. The Kier molecular flexibility index (Phi) is 5.75. The monoisotopic (exact) mass is 336 g/mol. The Morgan fingerprint density at radius 3 is 2.50 bits per heavy atom. The first-order chi connectivity index (χ1) is 8.51. The molecule has 0 aliphatic carbocycles. The molecule has 1 aromatic rings. The Hall–Kier alpha value is -0.940. The van der Waals surface area contributed by atoms with Gasteiger partial charge in [0.25, 0.3) is 0 Å². The highest BCUT2D eigenvalue weighted by Crippen LogP contribution is 2.42. The number of methoxy groups -OCH3 is 2. The maximum absolute atomic E-state index is 10.5. The van der Waals surface area contributed by atoms with Gasteiger partial charge in [-0.25, -0.2) is 0 Å². The standard InChI is InChI=1S/C12H14BrClO4/c1-17-11-7(4-3-5-10(15)16)9(14)6-8(13)12(11)18-2/h6H,3-5H2,1-2H3,(H,15,16). The van der Waals surface area contributed by atoms with Gasteiger partial charge in [0.15, 0.2) is 11.5 Å². The van der Waals surface area contributed by atoms with Gasteiger partial charge < -0.3 is 14.6 Å². The van der Waals surface area contributed by atoms with Crippen molar-refractivity contribution >= 4 is 33.5 Å². The molecule has 6 heteroatoms. The van der Waals surface area contributed by atoms with E-state index < -0.39 is 5.97 Å². The molecule has 0 radical (unpaired) electrons. The van der Waals surface area contributed by atoms with Gasteiger partial charge in [-0.05, 0) is 34.8 Å². The topological polar surface area (TPSA) is 55.8 Å². The molecular formula is C12H14BrClO4. The van der Waals surface area contributed by atoms with Crippen molar-refractivity contribution in [2.45, 2.75) is 19.3 Å². The molecule has 0 unspecified atom stereocenters. The van der Waals surface area contributed by atoms with Crippen molar-refractivity contribution in [3.05, 3.63) is 21.1 Å². The molecule has 0 spiro atoms. The number of ether oxygens (including phenoxy) is 2. The Balaban J connectivity index is 3.05. The first-order valence-corrected chi connectivity index (χ1v) is 6.49. The Bertz CT molecular complexity index is 448. The van der Waals surface area contributed by atoms with Crippen LogP contribution in [0.1, 0.15) is 18.4 Å². The van der Waals surface area contributed by atoms with E-state index in [0.717, 1.165) is 5.56 Å². The van der Waals surface area contributed by atoms with Gasteiger partial charge in [0.1, 0.15) is 0 Å². The van der Waals surface area contributed by atoms with E-state index >= 15 is 0 Å². The second kappa shape index (κ2) is 6.85. The van der Waals surface area contributed by atoms with Crippen molar-refractivity contribution in [1.82, 2.24) is 0 Å². The van der Waals surface area contributed by atoms with Crippen LogP contribution in [-0.4, -0.2) is 25.3 Å². The van der Waals surface area contributed by atoms with Gasteiger partial charge in [-0.1, -0.05) is 11.6 Å². The zero-order valence-corrected chi connectivity index (χ0v) is 12.5. The lowest BCUT2D eigenvalue weighted by Crippen LogP contribution is -2.01.